The average molecular weight is 433 g/mol. The van der Waals surface area contributed by atoms with Gasteiger partial charge >= 0.3 is 5.69 Å². The fraction of sp³-hybridized carbons (Fsp3) is 0.360. The van der Waals surface area contributed by atoms with Crippen LogP contribution in [0.2, 0.25) is 0 Å². The van der Waals surface area contributed by atoms with Gasteiger partial charge < -0.3 is 9.72 Å². The summed E-state index contributed by atoms with van der Waals surface area (Å²) in [5, 5.41) is 1.69. The quantitative estimate of drug-likeness (QED) is 0.526. The van der Waals surface area contributed by atoms with Crippen molar-refractivity contribution in [3.8, 4) is 0 Å². The molecule has 7 heteroatoms. The van der Waals surface area contributed by atoms with Crippen LogP contribution in [0.15, 0.2) is 58.3 Å². The molecule has 1 unspecified atom stereocenters. The Kier molecular flexibility index (Phi) is 5.45. The Labute approximate surface area is 185 Å². The molecule has 2 aromatic carbocycles. The maximum absolute atomic E-state index is 13.7. The number of rotatable bonds is 5. The highest BCUT2D eigenvalue weighted by molar-refractivity contribution is 5.87. The summed E-state index contributed by atoms with van der Waals surface area (Å²) in [6.07, 6.45) is 1.98. The maximum atomic E-state index is 13.7. The molecule has 4 aromatic rings. The van der Waals surface area contributed by atoms with E-state index < -0.39 is 0 Å². The summed E-state index contributed by atoms with van der Waals surface area (Å²) in [6, 6.07) is 13.3. The maximum Gasteiger partial charge on any atom is 0.332 e. The number of H-pyrrole nitrogens is 1. The predicted molar refractivity (Wildman–Crippen MR) is 127 cm³/mol. The Morgan fingerprint density at radius 1 is 1.03 bits per heavy atom. The number of hydrogen-bond donors (Lipinski definition) is 1. The van der Waals surface area contributed by atoms with Crippen molar-refractivity contribution in [1.29, 1.82) is 0 Å². The van der Waals surface area contributed by atoms with Gasteiger partial charge in [-0.2, -0.15) is 0 Å². The molecule has 0 radical (unpaired) electrons. The smallest absolute Gasteiger partial charge is 0.332 e. The van der Waals surface area contributed by atoms with Gasteiger partial charge in [-0.3, -0.25) is 18.8 Å². The normalized spacial score (nSPS) is 16.1. The van der Waals surface area contributed by atoms with Gasteiger partial charge in [0.05, 0.1) is 30.2 Å². The molecule has 32 heavy (non-hydrogen) atoms. The topological polar surface area (TPSA) is 72.3 Å². The molecule has 1 fully saturated rings. The van der Waals surface area contributed by atoms with Crippen LogP contribution in [0, 0.1) is 6.92 Å². The number of aromatic nitrogens is 3. The van der Waals surface area contributed by atoms with Crippen LogP contribution in [0.5, 0.6) is 0 Å². The molecule has 1 saturated heterocycles. The first-order valence-electron chi connectivity index (χ1n) is 11.2. The second-order valence-electron chi connectivity index (χ2n) is 8.50. The van der Waals surface area contributed by atoms with Crippen LogP contribution in [0.3, 0.4) is 0 Å². The highest BCUT2D eigenvalue weighted by atomic mass is 16.5. The second-order valence-corrected chi connectivity index (χ2v) is 8.50. The van der Waals surface area contributed by atoms with Crippen LogP contribution in [0.4, 0.5) is 0 Å². The van der Waals surface area contributed by atoms with Crippen molar-refractivity contribution in [2.75, 3.05) is 32.8 Å². The minimum absolute atomic E-state index is 0.225. The fourth-order valence-electron chi connectivity index (χ4n) is 4.84. The first-order chi connectivity index (χ1) is 15.6. The zero-order valence-electron chi connectivity index (χ0n) is 18.5. The Morgan fingerprint density at radius 2 is 1.81 bits per heavy atom. The molecular formula is C25H28N4O3. The summed E-state index contributed by atoms with van der Waals surface area (Å²) < 4.78 is 8.58. The molecule has 2 aromatic heterocycles. The molecule has 0 aliphatic carbocycles. The zero-order chi connectivity index (χ0) is 22.2. The third-order valence-electron chi connectivity index (χ3n) is 6.60. The average Bonchev–Trinajstić information content (AvgIpc) is 3.25. The molecule has 1 N–H and O–H groups in total. The summed E-state index contributed by atoms with van der Waals surface area (Å²) in [6.45, 7) is 8.14. The lowest BCUT2D eigenvalue weighted by atomic mass is 10.0. The highest BCUT2D eigenvalue weighted by Crippen LogP contribution is 2.29. The van der Waals surface area contributed by atoms with Crippen LogP contribution in [-0.2, 0) is 11.3 Å². The van der Waals surface area contributed by atoms with E-state index in [9.17, 15) is 9.59 Å². The SMILES string of the molecule is Cc1cccc2[nH]cc(C(C)n3c(=O)n(CCN4CCOCC4)c(=O)c4ccccc43)c12. The number of ether oxygens (including phenoxy) is 1. The Balaban J connectivity index is 1.64. The molecule has 5 rings (SSSR count). The largest absolute Gasteiger partial charge is 0.379 e. The summed E-state index contributed by atoms with van der Waals surface area (Å²) in [5.41, 5.74) is 3.42. The van der Waals surface area contributed by atoms with Gasteiger partial charge in [0, 0.05) is 48.8 Å². The number of aromatic amines is 1. The first-order valence-corrected chi connectivity index (χ1v) is 11.2. The van der Waals surface area contributed by atoms with E-state index in [4.69, 9.17) is 4.74 Å². The lowest BCUT2D eigenvalue weighted by molar-refractivity contribution is 0.0361. The van der Waals surface area contributed by atoms with Crippen molar-refractivity contribution < 1.29 is 4.74 Å². The Bertz CT molecular complexity index is 1390. The number of hydrogen-bond acceptors (Lipinski definition) is 4. The first kappa shape index (κ1) is 20.7. The number of morpholine rings is 1. The minimum atomic E-state index is -0.266. The van der Waals surface area contributed by atoms with Crippen LogP contribution < -0.4 is 11.2 Å². The molecule has 0 saturated carbocycles. The van der Waals surface area contributed by atoms with Crippen molar-refractivity contribution in [3.05, 3.63) is 80.6 Å². The molecular weight excluding hydrogens is 404 g/mol. The van der Waals surface area contributed by atoms with E-state index in [1.165, 1.54) is 4.57 Å². The Morgan fingerprint density at radius 3 is 2.62 bits per heavy atom. The van der Waals surface area contributed by atoms with Gasteiger partial charge in [0.15, 0.2) is 0 Å². The number of benzene rings is 2. The molecule has 1 atom stereocenters. The van der Waals surface area contributed by atoms with E-state index in [1.54, 1.807) is 4.57 Å². The van der Waals surface area contributed by atoms with E-state index in [2.05, 4.69) is 22.9 Å². The number of para-hydroxylation sites is 1. The van der Waals surface area contributed by atoms with Crippen molar-refractivity contribution >= 4 is 21.8 Å². The summed E-state index contributed by atoms with van der Waals surface area (Å²) in [5.74, 6) is 0. The zero-order valence-corrected chi connectivity index (χ0v) is 18.5. The van der Waals surface area contributed by atoms with Crippen LogP contribution >= 0.6 is 0 Å². The summed E-state index contributed by atoms with van der Waals surface area (Å²) in [4.78, 5) is 32.5. The summed E-state index contributed by atoms with van der Waals surface area (Å²) in [7, 11) is 0. The molecule has 1 aliphatic heterocycles. The van der Waals surface area contributed by atoms with E-state index >= 15 is 0 Å². The number of nitrogens with zero attached hydrogens (tertiary/aromatic N) is 3. The molecule has 3 heterocycles. The molecule has 0 bridgehead atoms. The highest BCUT2D eigenvalue weighted by Gasteiger charge is 2.21. The number of fused-ring (bicyclic) bond motifs is 2. The molecule has 7 nitrogen and oxygen atoms in total. The van der Waals surface area contributed by atoms with Crippen molar-refractivity contribution in [3.63, 3.8) is 0 Å². The van der Waals surface area contributed by atoms with Crippen LogP contribution in [0.1, 0.15) is 24.1 Å². The molecule has 166 valence electrons. The van der Waals surface area contributed by atoms with Crippen LogP contribution in [-0.4, -0.2) is 51.9 Å². The fourth-order valence-corrected chi connectivity index (χ4v) is 4.84. The second kappa shape index (κ2) is 8.41. The van der Waals surface area contributed by atoms with Gasteiger partial charge in [-0.1, -0.05) is 24.3 Å². The third-order valence-corrected chi connectivity index (χ3v) is 6.60. The standard InChI is InChI=1S/C25H28N4O3/c1-17-6-5-8-21-23(17)20(16-26-21)18(2)29-22-9-4-3-7-19(22)24(30)28(25(29)31)11-10-27-12-14-32-15-13-27/h3-9,16,18,26H,10-15H2,1-2H3. The van der Waals surface area contributed by atoms with Crippen LogP contribution in [0.25, 0.3) is 21.8 Å². The van der Waals surface area contributed by atoms with Gasteiger partial charge in [0.1, 0.15) is 0 Å². The lowest BCUT2D eigenvalue weighted by Crippen LogP contribution is -2.45. The summed E-state index contributed by atoms with van der Waals surface area (Å²) >= 11 is 0. The predicted octanol–water partition coefficient (Wildman–Crippen LogP) is 2.89. The minimum Gasteiger partial charge on any atom is -0.379 e. The van der Waals surface area contributed by atoms with E-state index in [0.717, 1.165) is 35.1 Å². The third kappa shape index (κ3) is 3.47. The van der Waals surface area contributed by atoms with Crippen molar-refractivity contribution in [1.82, 2.24) is 19.0 Å². The van der Waals surface area contributed by atoms with Gasteiger partial charge in [0.25, 0.3) is 5.56 Å². The van der Waals surface area contributed by atoms with E-state index in [-0.39, 0.29) is 17.3 Å². The van der Waals surface area contributed by atoms with Gasteiger partial charge in [-0.15, -0.1) is 0 Å². The molecule has 0 spiro atoms. The van der Waals surface area contributed by atoms with Gasteiger partial charge in [0.2, 0.25) is 0 Å². The van der Waals surface area contributed by atoms with Gasteiger partial charge in [-0.25, -0.2) is 4.79 Å². The number of aryl methyl sites for hydroxylation is 1. The van der Waals surface area contributed by atoms with E-state index in [1.807, 2.05) is 49.5 Å². The Hall–Kier alpha value is -3.16. The lowest BCUT2D eigenvalue weighted by Gasteiger charge is -2.27. The molecule has 1 aliphatic rings. The van der Waals surface area contributed by atoms with Crippen molar-refractivity contribution in [2.45, 2.75) is 26.4 Å². The molecule has 0 amide bonds. The number of nitrogens with one attached hydrogen (secondary N) is 1. The van der Waals surface area contributed by atoms with E-state index in [0.29, 0.717) is 37.2 Å². The monoisotopic (exact) mass is 432 g/mol. The van der Waals surface area contributed by atoms with Gasteiger partial charge in [-0.05, 0) is 37.6 Å². The van der Waals surface area contributed by atoms with Crippen molar-refractivity contribution in [2.24, 2.45) is 0 Å².